The van der Waals surface area contributed by atoms with E-state index in [0.29, 0.717) is 33.5 Å². The summed E-state index contributed by atoms with van der Waals surface area (Å²) >= 11 is 0. The van der Waals surface area contributed by atoms with Crippen molar-refractivity contribution >= 4 is 60.5 Å². The number of para-hydroxylation sites is 1. The zero-order chi connectivity index (χ0) is 45.4. The highest BCUT2D eigenvalue weighted by molar-refractivity contribution is 6.15. The van der Waals surface area contributed by atoms with Gasteiger partial charge in [-0.1, -0.05) is 170 Å². The molecule has 2 nitrogen and oxygen atoms in total. The fraction of sp³-hybridized carbons (Fsp3) is 0. The van der Waals surface area contributed by atoms with Gasteiger partial charge in [-0.25, -0.2) is 0 Å². The fourth-order valence-corrected chi connectivity index (χ4v) is 7.99. The van der Waals surface area contributed by atoms with E-state index in [0.717, 1.165) is 49.0 Å². The smallest absolute Gasteiger partial charge is 0.143 e. The van der Waals surface area contributed by atoms with Crippen LogP contribution in [0.5, 0.6) is 0 Å². The van der Waals surface area contributed by atoms with Crippen molar-refractivity contribution in [3.8, 4) is 44.5 Å². The Morgan fingerprint density at radius 1 is 0.345 bits per heavy atom. The third kappa shape index (κ3) is 5.91. The summed E-state index contributed by atoms with van der Waals surface area (Å²) in [5, 5.41) is 5.89. The average Bonchev–Trinajstić information content (AvgIpc) is 3.74. The maximum absolute atomic E-state index is 9.76. The maximum Gasteiger partial charge on any atom is 0.143 e. The van der Waals surface area contributed by atoms with Crippen molar-refractivity contribution in [1.29, 1.82) is 0 Å². The summed E-state index contributed by atoms with van der Waals surface area (Å²) in [6, 6.07) is 52.6. The summed E-state index contributed by atoms with van der Waals surface area (Å²) in [6.45, 7) is 0. The molecule has 272 valence electrons. The molecule has 0 spiro atoms. The lowest BCUT2D eigenvalue weighted by Gasteiger charge is -2.28. The Labute approximate surface area is 348 Å². The standard InChI is InChI=1S/C56H37NO/c1-2-12-38(13-3-1)39-24-30-46(31-25-39)57(47-32-26-40(27-33-47)43-17-10-18-44(36-43)49-22-11-16-41-14-4-6-19-48(41)49)54-23-9-8-20-50(54)45-29-35-55-53(37-45)52-34-28-42-15-5-7-21-51(42)56(52)58-55/h1-37H/i24D,25D,26D,27D,30D,31D,32D,33D. The first kappa shape index (κ1) is 26.2. The van der Waals surface area contributed by atoms with Gasteiger partial charge in [-0.05, 0) is 110 Å². The van der Waals surface area contributed by atoms with Crippen LogP contribution in [0.1, 0.15) is 11.0 Å². The second kappa shape index (κ2) is 14.1. The van der Waals surface area contributed by atoms with Gasteiger partial charge in [-0.3, -0.25) is 0 Å². The average molecular weight is 748 g/mol. The molecule has 0 radical (unpaired) electrons. The first-order chi connectivity index (χ1) is 32.1. The summed E-state index contributed by atoms with van der Waals surface area (Å²) in [5.74, 6) is 0. The number of fused-ring (bicyclic) bond motifs is 6. The molecule has 0 aliphatic rings. The van der Waals surface area contributed by atoms with Crippen LogP contribution in [0.2, 0.25) is 0 Å². The molecule has 0 saturated carbocycles. The van der Waals surface area contributed by atoms with Crippen LogP contribution in [0.4, 0.5) is 17.1 Å². The lowest BCUT2D eigenvalue weighted by molar-refractivity contribution is 0.672. The van der Waals surface area contributed by atoms with Gasteiger partial charge in [0.25, 0.3) is 0 Å². The van der Waals surface area contributed by atoms with Crippen LogP contribution in [0.25, 0.3) is 88.0 Å². The number of furan rings is 1. The molecule has 1 heterocycles. The van der Waals surface area contributed by atoms with Gasteiger partial charge < -0.3 is 9.32 Å². The molecule has 11 aromatic rings. The highest BCUT2D eigenvalue weighted by Gasteiger charge is 2.19. The van der Waals surface area contributed by atoms with Crippen molar-refractivity contribution in [2.24, 2.45) is 0 Å². The Kier molecular flexibility index (Phi) is 6.38. The number of nitrogens with zero attached hydrogens (tertiary/aromatic N) is 1. The van der Waals surface area contributed by atoms with Crippen molar-refractivity contribution < 1.29 is 15.4 Å². The summed E-state index contributed by atoms with van der Waals surface area (Å²) in [7, 11) is 0. The molecule has 0 unspecified atom stereocenters. The number of benzene rings is 10. The van der Waals surface area contributed by atoms with Crippen LogP contribution in [0.3, 0.4) is 0 Å². The SMILES string of the molecule is [2H]c1c([2H])c(N(c2ccccc2-c2ccc3oc4c5ccccc5ccc4c3c2)c2c([2H])c([2H])c(-c3cccc(-c4cccc5ccccc45)c3)c([2H])c2[2H])c([2H])c([2H])c1-c1ccccc1. The Morgan fingerprint density at radius 2 is 0.914 bits per heavy atom. The minimum atomic E-state index is -0.413. The number of anilines is 3. The Balaban J connectivity index is 1.15. The van der Waals surface area contributed by atoms with Crippen LogP contribution in [0, 0.1) is 0 Å². The number of hydrogen-bond donors (Lipinski definition) is 0. The van der Waals surface area contributed by atoms with Gasteiger partial charge in [0.15, 0.2) is 0 Å². The van der Waals surface area contributed by atoms with E-state index in [2.05, 4.69) is 6.07 Å². The molecule has 0 N–H and O–H groups in total. The van der Waals surface area contributed by atoms with E-state index in [-0.39, 0.29) is 46.7 Å². The van der Waals surface area contributed by atoms with Gasteiger partial charge in [0.1, 0.15) is 11.2 Å². The highest BCUT2D eigenvalue weighted by atomic mass is 16.3. The van der Waals surface area contributed by atoms with E-state index in [1.807, 2.05) is 127 Å². The molecule has 0 aliphatic heterocycles. The van der Waals surface area contributed by atoms with E-state index in [4.69, 9.17) is 4.42 Å². The van der Waals surface area contributed by atoms with Gasteiger partial charge in [-0.15, -0.1) is 0 Å². The van der Waals surface area contributed by atoms with Crippen LogP contribution in [-0.2, 0) is 0 Å². The molecule has 2 heteroatoms. The second-order valence-corrected chi connectivity index (χ2v) is 14.2. The van der Waals surface area contributed by atoms with Crippen molar-refractivity contribution in [2.75, 3.05) is 4.90 Å². The summed E-state index contributed by atoms with van der Waals surface area (Å²) in [6.07, 6.45) is 0. The van der Waals surface area contributed by atoms with E-state index < -0.39 is 24.2 Å². The molecule has 0 bridgehead atoms. The first-order valence-corrected chi connectivity index (χ1v) is 19.2. The molecule has 0 aliphatic carbocycles. The third-order valence-electron chi connectivity index (χ3n) is 10.8. The molecule has 0 atom stereocenters. The molecule has 0 fully saturated rings. The maximum atomic E-state index is 9.76. The predicted octanol–water partition coefficient (Wildman–Crippen LogP) is 16.0. The quantitative estimate of drug-likeness (QED) is 0.161. The zero-order valence-corrected chi connectivity index (χ0v) is 31.1. The van der Waals surface area contributed by atoms with Crippen LogP contribution < -0.4 is 4.90 Å². The molecule has 11 rings (SSSR count). The Bertz CT molecular complexity index is 3710. The fourth-order valence-electron chi connectivity index (χ4n) is 7.99. The molecule has 0 amide bonds. The van der Waals surface area contributed by atoms with Crippen molar-refractivity contribution in [2.45, 2.75) is 0 Å². The summed E-state index contributed by atoms with van der Waals surface area (Å²) in [5.41, 5.74) is 5.61. The number of rotatable bonds is 7. The Hall–Kier alpha value is -7.68. The molecule has 0 saturated heterocycles. The monoisotopic (exact) mass is 747 g/mol. The topological polar surface area (TPSA) is 16.4 Å². The van der Waals surface area contributed by atoms with Gasteiger partial charge in [0.2, 0.25) is 0 Å². The largest absolute Gasteiger partial charge is 0.455 e. The molecular weight excluding hydrogens is 703 g/mol. The lowest BCUT2D eigenvalue weighted by atomic mass is 9.95. The summed E-state index contributed by atoms with van der Waals surface area (Å²) in [4.78, 5) is 1.38. The van der Waals surface area contributed by atoms with Crippen molar-refractivity contribution in [3.05, 3.63) is 224 Å². The highest BCUT2D eigenvalue weighted by Crippen LogP contribution is 2.44. The first-order valence-electron chi connectivity index (χ1n) is 23.2. The van der Waals surface area contributed by atoms with Gasteiger partial charge in [-0.2, -0.15) is 0 Å². The molecular formula is C56H37NO. The van der Waals surface area contributed by atoms with Gasteiger partial charge >= 0.3 is 0 Å². The second-order valence-electron chi connectivity index (χ2n) is 14.2. The van der Waals surface area contributed by atoms with E-state index >= 15 is 0 Å². The lowest BCUT2D eigenvalue weighted by Crippen LogP contribution is -2.11. The zero-order valence-electron chi connectivity index (χ0n) is 39.1. The van der Waals surface area contributed by atoms with Crippen molar-refractivity contribution in [1.82, 2.24) is 0 Å². The van der Waals surface area contributed by atoms with Crippen LogP contribution in [0.15, 0.2) is 229 Å². The minimum Gasteiger partial charge on any atom is -0.455 e. The third-order valence-corrected chi connectivity index (χ3v) is 10.8. The Morgan fingerprint density at radius 3 is 1.71 bits per heavy atom. The molecule has 1 aromatic heterocycles. The van der Waals surface area contributed by atoms with Gasteiger partial charge in [0.05, 0.1) is 16.7 Å². The minimum absolute atomic E-state index is 0.0906. The molecule has 58 heavy (non-hydrogen) atoms. The normalized spacial score (nSPS) is 13.4. The van der Waals surface area contributed by atoms with E-state index in [1.165, 1.54) is 4.90 Å². The predicted molar refractivity (Wildman–Crippen MR) is 245 cm³/mol. The van der Waals surface area contributed by atoms with Crippen LogP contribution in [-0.4, -0.2) is 0 Å². The van der Waals surface area contributed by atoms with E-state index in [9.17, 15) is 11.0 Å². The number of hydrogen-bond acceptors (Lipinski definition) is 2. The van der Waals surface area contributed by atoms with Crippen molar-refractivity contribution in [3.63, 3.8) is 0 Å². The van der Waals surface area contributed by atoms with Crippen LogP contribution >= 0.6 is 0 Å². The summed E-state index contributed by atoms with van der Waals surface area (Å²) < 4.78 is 83.0. The molecule has 10 aromatic carbocycles. The van der Waals surface area contributed by atoms with E-state index in [1.54, 1.807) is 42.5 Å². The van der Waals surface area contributed by atoms with Gasteiger partial charge in [0, 0.05) is 33.1 Å².